The van der Waals surface area contributed by atoms with Gasteiger partial charge in [-0.05, 0) is 91.6 Å². The summed E-state index contributed by atoms with van der Waals surface area (Å²) in [7, 11) is 0. The Kier molecular flexibility index (Phi) is 6.50. The van der Waals surface area contributed by atoms with Gasteiger partial charge in [0.15, 0.2) is 0 Å². The highest BCUT2D eigenvalue weighted by Crippen LogP contribution is 2.38. The van der Waals surface area contributed by atoms with Crippen molar-refractivity contribution in [2.24, 2.45) is 5.92 Å². The summed E-state index contributed by atoms with van der Waals surface area (Å²) >= 11 is 0. The number of nitrogens with zero attached hydrogens (tertiary/aromatic N) is 3. The molecular formula is C28H32F2N4. The molecule has 2 aromatic carbocycles. The van der Waals surface area contributed by atoms with Crippen LogP contribution in [0.2, 0.25) is 0 Å². The lowest BCUT2D eigenvalue weighted by Crippen LogP contribution is -2.47. The quantitative estimate of drug-likeness (QED) is 0.370. The van der Waals surface area contributed by atoms with Gasteiger partial charge in [0.2, 0.25) is 0 Å². The Morgan fingerprint density at radius 1 is 1.09 bits per heavy atom. The number of aryl methyl sites for hydroxylation is 2. The van der Waals surface area contributed by atoms with Crippen LogP contribution in [-0.2, 0) is 6.42 Å². The molecule has 178 valence electrons. The summed E-state index contributed by atoms with van der Waals surface area (Å²) in [5, 5.41) is 5.61. The highest BCUT2D eigenvalue weighted by Gasteiger charge is 2.34. The first-order valence-corrected chi connectivity index (χ1v) is 12.1. The zero-order valence-corrected chi connectivity index (χ0v) is 19.8. The number of benzene rings is 2. The third-order valence-corrected chi connectivity index (χ3v) is 7.59. The fraction of sp³-hybridized carbons (Fsp3) is 0.393. The molecule has 0 saturated carbocycles. The zero-order valence-electron chi connectivity index (χ0n) is 19.8. The summed E-state index contributed by atoms with van der Waals surface area (Å²) < 4.78 is 29.0. The number of piperidine rings is 1. The SMILES string of the molecule is Cc1cc(C)c2[nH]ccc2c1C[C@@H]1CCN(C(CF)CF)C[C@H]1c1ccc(-n2cccn2)cc1. The second kappa shape index (κ2) is 9.71. The van der Waals surface area contributed by atoms with E-state index in [4.69, 9.17) is 0 Å². The molecule has 4 aromatic rings. The molecule has 0 unspecified atom stereocenters. The van der Waals surface area contributed by atoms with Gasteiger partial charge in [-0.2, -0.15) is 5.10 Å². The molecule has 34 heavy (non-hydrogen) atoms. The van der Waals surface area contributed by atoms with E-state index in [1.165, 1.54) is 33.2 Å². The molecule has 0 radical (unpaired) electrons. The number of hydrogen-bond acceptors (Lipinski definition) is 2. The number of aromatic nitrogens is 3. The van der Waals surface area contributed by atoms with Crippen molar-refractivity contribution in [1.29, 1.82) is 0 Å². The molecule has 5 rings (SSSR count). The molecule has 0 bridgehead atoms. The van der Waals surface area contributed by atoms with E-state index < -0.39 is 19.4 Å². The van der Waals surface area contributed by atoms with Crippen molar-refractivity contribution in [1.82, 2.24) is 19.7 Å². The maximum atomic E-state index is 13.6. The van der Waals surface area contributed by atoms with Gasteiger partial charge in [0.1, 0.15) is 13.3 Å². The first-order valence-electron chi connectivity index (χ1n) is 12.1. The molecule has 1 N–H and O–H groups in total. The van der Waals surface area contributed by atoms with Gasteiger partial charge in [-0.3, -0.25) is 4.90 Å². The summed E-state index contributed by atoms with van der Waals surface area (Å²) in [6.45, 7) is 4.45. The van der Waals surface area contributed by atoms with Crippen molar-refractivity contribution in [2.45, 2.75) is 38.6 Å². The number of alkyl halides is 2. The number of H-pyrrole nitrogens is 1. The first-order chi connectivity index (χ1) is 16.6. The van der Waals surface area contributed by atoms with Gasteiger partial charge in [-0.1, -0.05) is 18.2 Å². The van der Waals surface area contributed by atoms with Crippen LogP contribution >= 0.6 is 0 Å². The van der Waals surface area contributed by atoms with E-state index in [9.17, 15) is 8.78 Å². The van der Waals surface area contributed by atoms with E-state index in [0.29, 0.717) is 12.5 Å². The molecule has 2 atom stereocenters. The highest BCUT2D eigenvalue weighted by atomic mass is 19.1. The standard InChI is InChI=1S/C28H32F2N4/c1-19-14-20(2)28-25(8-11-31-28)26(19)15-22-9-13-33(24(16-29)17-30)18-27(22)21-4-6-23(7-5-21)34-12-3-10-32-34/h3-8,10-12,14,22,24,27,31H,9,13,15-18H2,1-2H3/t22-,27-/m0/s1. The Bertz CT molecular complexity index is 1230. The van der Waals surface area contributed by atoms with Crippen LogP contribution in [0.25, 0.3) is 16.6 Å². The van der Waals surface area contributed by atoms with Crippen molar-refractivity contribution < 1.29 is 8.78 Å². The minimum absolute atomic E-state index is 0.204. The van der Waals surface area contributed by atoms with E-state index >= 15 is 0 Å². The summed E-state index contributed by atoms with van der Waals surface area (Å²) in [6.07, 6.45) is 7.58. The molecule has 2 aromatic heterocycles. The smallest absolute Gasteiger partial charge is 0.107 e. The zero-order chi connectivity index (χ0) is 23.7. The number of aromatic amines is 1. The Balaban J connectivity index is 1.48. The normalized spacial score (nSPS) is 19.3. The lowest BCUT2D eigenvalue weighted by Gasteiger charge is -2.41. The fourth-order valence-electron chi connectivity index (χ4n) is 5.69. The molecule has 1 saturated heterocycles. The summed E-state index contributed by atoms with van der Waals surface area (Å²) in [5.74, 6) is 0.599. The molecule has 6 heteroatoms. The maximum Gasteiger partial charge on any atom is 0.107 e. The van der Waals surface area contributed by atoms with E-state index in [-0.39, 0.29) is 5.92 Å². The summed E-state index contributed by atoms with van der Waals surface area (Å²) in [4.78, 5) is 5.40. The van der Waals surface area contributed by atoms with Gasteiger partial charge in [0.25, 0.3) is 0 Å². The van der Waals surface area contributed by atoms with Crippen molar-refractivity contribution in [3.05, 3.63) is 83.3 Å². The topological polar surface area (TPSA) is 36.9 Å². The second-order valence-corrected chi connectivity index (χ2v) is 9.61. The summed E-state index contributed by atoms with van der Waals surface area (Å²) in [5.41, 5.74) is 7.38. The van der Waals surface area contributed by atoms with Crippen molar-refractivity contribution in [3.63, 3.8) is 0 Å². The van der Waals surface area contributed by atoms with Crippen LogP contribution in [0.5, 0.6) is 0 Å². The third kappa shape index (κ3) is 4.27. The van der Waals surface area contributed by atoms with Crippen molar-refractivity contribution >= 4 is 10.9 Å². The summed E-state index contributed by atoms with van der Waals surface area (Å²) in [6, 6.07) is 14.2. The van der Waals surface area contributed by atoms with Gasteiger partial charge in [-0.25, -0.2) is 13.5 Å². The van der Waals surface area contributed by atoms with Gasteiger partial charge < -0.3 is 4.98 Å². The molecule has 0 aliphatic carbocycles. The number of nitrogens with one attached hydrogen (secondary N) is 1. The second-order valence-electron chi connectivity index (χ2n) is 9.61. The average Bonchev–Trinajstić information content (AvgIpc) is 3.56. The first kappa shape index (κ1) is 22.8. The average molecular weight is 463 g/mol. The Morgan fingerprint density at radius 3 is 2.59 bits per heavy atom. The van der Waals surface area contributed by atoms with Crippen LogP contribution in [0.15, 0.2) is 61.1 Å². The number of rotatable bonds is 7. The van der Waals surface area contributed by atoms with E-state index in [1.807, 2.05) is 28.0 Å². The largest absolute Gasteiger partial charge is 0.361 e. The van der Waals surface area contributed by atoms with Gasteiger partial charge in [0, 0.05) is 36.0 Å². The van der Waals surface area contributed by atoms with E-state index in [0.717, 1.165) is 25.1 Å². The Morgan fingerprint density at radius 2 is 1.88 bits per heavy atom. The third-order valence-electron chi connectivity index (χ3n) is 7.59. The van der Waals surface area contributed by atoms with Crippen molar-refractivity contribution in [3.8, 4) is 5.69 Å². The van der Waals surface area contributed by atoms with E-state index in [2.05, 4.69) is 60.3 Å². The molecule has 1 fully saturated rings. The number of halogens is 2. The minimum atomic E-state index is -0.649. The molecule has 0 amide bonds. The fourth-order valence-corrected chi connectivity index (χ4v) is 5.69. The Labute approximate surface area is 199 Å². The van der Waals surface area contributed by atoms with E-state index in [1.54, 1.807) is 6.20 Å². The van der Waals surface area contributed by atoms with Crippen LogP contribution < -0.4 is 0 Å². The highest BCUT2D eigenvalue weighted by molar-refractivity contribution is 5.87. The van der Waals surface area contributed by atoms with Crippen LogP contribution in [0.3, 0.4) is 0 Å². The predicted octanol–water partition coefficient (Wildman–Crippen LogP) is 5.93. The monoisotopic (exact) mass is 462 g/mol. The predicted molar refractivity (Wildman–Crippen MR) is 133 cm³/mol. The van der Waals surface area contributed by atoms with Crippen LogP contribution in [-0.4, -0.2) is 52.1 Å². The molecule has 3 heterocycles. The van der Waals surface area contributed by atoms with Gasteiger partial charge in [-0.15, -0.1) is 0 Å². The number of hydrogen-bond donors (Lipinski definition) is 1. The molecule has 1 aliphatic rings. The maximum absolute atomic E-state index is 13.6. The molecule has 4 nitrogen and oxygen atoms in total. The lowest BCUT2D eigenvalue weighted by atomic mass is 9.76. The molecule has 0 spiro atoms. The van der Waals surface area contributed by atoms with Crippen LogP contribution in [0.4, 0.5) is 8.78 Å². The molecule has 1 aliphatic heterocycles. The van der Waals surface area contributed by atoms with Crippen LogP contribution in [0, 0.1) is 19.8 Å². The van der Waals surface area contributed by atoms with Crippen molar-refractivity contribution in [2.75, 3.05) is 26.4 Å². The lowest BCUT2D eigenvalue weighted by molar-refractivity contribution is 0.0815. The number of fused-ring (bicyclic) bond motifs is 1. The molecular weight excluding hydrogens is 430 g/mol. The Hall–Kier alpha value is -2.99. The van der Waals surface area contributed by atoms with Gasteiger partial charge in [0.05, 0.1) is 11.7 Å². The van der Waals surface area contributed by atoms with Gasteiger partial charge >= 0.3 is 0 Å². The minimum Gasteiger partial charge on any atom is -0.361 e. The number of likely N-dealkylation sites (tertiary alicyclic amines) is 1. The van der Waals surface area contributed by atoms with Crippen LogP contribution in [0.1, 0.15) is 34.6 Å².